The molecule has 142 valence electrons. The number of amides is 1. The summed E-state index contributed by atoms with van der Waals surface area (Å²) in [6, 6.07) is 3.65. The summed E-state index contributed by atoms with van der Waals surface area (Å²) in [6.07, 6.45) is 4.76. The predicted molar refractivity (Wildman–Crippen MR) is 99.7 cm³/mol. The molecule has 2 aliphatic heterocycles. The molecule has 0 aliphatic carbocycles. The zero-order chi connectivity index (χ0) is 18.8. The number of anilines is 2. The third kappa shape index (κ3) is 3.68. The first-order valence-corrected chi connectivity index (χ1v) is 9.02. The molecule has 27 heavy (non-hydrogen) atoms. The van der Waals surface area contributed by atoms with Gasteiger partial charge in [-0.15, -0.1) is 0 Å². The Labute approximate surface area is 157 Å². The third-order valence-electron chi connectivity index (χ3n) is 5.23. The number of nitrogens with one attached hydrogen (secondary N) is 1. The molecule has 3 atom stereocenters. The maximum Gasteiger partial charge on any atom is 0.252 e. The van der Waals surface area contributed by atoms with Crippen molar-refractivity contribution in [1.29, 1.82) is 0 Å². The average Bonchev–Trinajstić information content (AvgIpc) is 3.28. The van der Waals surface area contributed by atoms with E-state index in [9.17, 15) is 4.79 Å². The van der Waals surface area contributed by atoms with Crippen molar-refractivity contribution in [2.24, 2.45) is 11.8 Å². The number of fused-ring (bicyclic) bond motifs is 1. The van der Waals surface area contributed by atoms with Gasteiger partial charge in [-0.05, 0) is 6.07 Å². The summed E-state index contributed by atoms with van der Waals surface area (Å²) in [5.74, 6) is 2.33. The van der Waals surface area contributed by atoms with Crippen LogP contribution in [0.25, 0.3) is 0 Å². The summed E-state index contributed by atoms with van der Waals surface area (Å²) >= 11 is 0. The third-order valence-corrected chi connectivity index (χ3v) is 5.23. The largest absolute Gasteiger partial charge is 0.376 e. The highest BCUT2D eigenvalue weighted by molar-refractivity contribution is 5.93. The first kappa shape index (κ1) is 17.6. The van der Waals surface area contributed by atoms with E-state index in [0.29, 0.717) is 24.6 Å². The maximum atomic E-state index is 12.2. The van der Waals surface area contributed by atoms with Crippen LogP contribution in [0.5, 0.6) is 0 Å². The van der Waals surface area contributed by atoms with E-state index in [2.05, 4.69) is 30.4 Å². The molecule has 0 saturated carbocycles. The minimum absolute atomic E-state index is 0.130. The minimum Gasteiger partial charge on any atom is -0.376 e. The van der Waals surface area contributed by atoms with Gasteiger partial charge in [-0.3, -0.25) is 4.79 Å². The van der Waals surface area contributed by atoms with Crippen LogP contribution in [-0.2, 0) is 4.74 Å². The maximum absolute atomic E-state index is 12.2. The molecule has 4 heterocycles. The normalized spacial score (nSPS) is 23.9. The van der Waals surface area contributed by atoms with Crippen LogP contribution in [0.1, 0.15) is 10.4 Å². The lowest BCUT2D eigenvalue weighted by Crippen LogP contribution is -2.34. The first-order valence-electron chi connectivity index (χ1n) is 9.02. The van der Waals surface area contributed by atoms with E-state index in [0.717, 1.165) is 24.7 Å². The van der Waals surface area contributed by atoms with Crippen LogP contribution in [0.3, 0.4) is 0 Å². The van der Waals surface area contributed by atoms with E-state index >= 15 is 0 Å². The first-order chi connectivity index (χ1) is 13.1. The summed E-state index contributed by atoms with van der Waals surface area (Å²) in [6.45, 7) is 2.94. The summed E-state index contributed by atoms with van der Waals surface area (Å²) < 4.78 is 5.99. The van der Waals surface area contributed by atoms with Gasteiger partial charge in [0.15, 0.2) is 0 Å². The Balaban J connectivity index is 1.37. The Kier molecular flexibility index (Phi) is 4.85. The molecule has 2 saturated heterocycles. The lowest BCUT2D eigenvalue weighted by molar-refractivity contribution is 0.0939. The van der Waals surface area contributed by atoms with Gasteiger partial charge in [0.1, 0.15) is 18.0 Å². The van der Waals surface area contributed by atoms with E-state index in [1.807, 2.05) is 25.1 Å². The number of carbonyl (C=O) groups is 1. The molecule has 1 N–H and O–H groups in total. The zero-order valence-corrected chi connectivity index (χ0v) is 15.4. The van der Waals surface area contributed by atoms with Gasteiger partial charge in [0.05, 0.1) is 30.7 Å². The highest BCUT2D eigenvalue weighted by Gasteiger charge is 2.44. The van der Waals surface area contributed by atoms with Crippen molar-refractivity contribution in [1.82, 2.24) is 25.5 Å². The summed E-state index contributed by atoms with van der Waals surface area (Å²) in [4.78, 5) is 25.1. The zero-order valence-electron chi connectivity index (χ0n) is 15.4. The molecule has 9 nitrogen and oxygen atoms in total. The molecule has 4 rings (SSSR count). The Hall–Kier alpha value is -2.81. The van der Waals surface area contributed by atoms with Crippen molar-refractivity contribution in [3.8, 4) is 0 Å². The van der Waals surface area contributed by atoms with Crippen LogP contribution in [0.4, 0.5) is 11.6 Å². The van der Waals surface area contributed by atoms with Gasteiger partial charge in [0.25, 0.3) is 5.91 Å². The lowest BCUT2D eigenvalue weighted by Gasteiger charge is -2.22. The number of carbonyl (C=O) groups excluding carboxylic acids is 1. The molecule has 2 aromatic rings. The molecule has 2 aromatic heterocycles. The van der Waals surface area contributed by atoms with Crippen molar-refractivity contribution in [3.05, 3.63) is 36.4 Å². The van der Waals surface area contributed by atoms with Gasteiger partial charge in [0, 0.05) is 51.6 Å². The summed E-state index contributed by atoms with van der Waals surface area (Å²) in [5, 5.41) is 10.4. The molecule has 2 aliphatic rings. The second-order valence-electron chi connectivity index (χ2n) is 7.17. The molecule has 0 radical (unpaired) electrons. The van der Waals surface area contributed by atoms with Crippen molar-refractivity contribution in [2.75, 3.05) is 50.1 Å². The Bertz CT molecular complexity index is 801. The van der Waals surface area contributed by atoms with Crippen molar-refractivity contribution < 1.29 is 9.53 Å². The predicted octanol–water partition coefficient (Wildman–Crippen LogP) is 0.214. The van der Waals surface area contributed by atoms with Crippen molar-refractivity contribution >= 4 is 17.5 Å². The second-order valence-corrected chi connectivity index (χ2v) is 7.17. The number of ether oxygens (including phenoxy) is 1. The fourth-order valence-corrected chi connectivity index (χ4v) is 3.70. The lowest BCUT2D eigenvalue weighted by atomic mass is 9.93. The van der Waals surface area contributed by atoms with E-state index in [-0.39, 0.29) is 17.9 Å². The topological polar surface area (TPSA) is 96.4 Å². The van der Waals surface area contributed by atoms with Crippen molar-refractivity contribution in [3.63, 3.8) is 0 Å². The van der Waals surface area contributed by atoms with Crippen molar-refractivity contribution in [2.45, 2.75) is 6.10 Å². The van der Waals surface area contributed by atoms with E-state index < -0.39 is 0 Å². The molecule has 1 amide bonds. The van der Waals surface area contributed by atoms with Crippen LogP contribution in [-0.4, -0.2) is 72.5 Å². The molecule has 9 heteroatoms. The number of aromatic nitrogens is 4. The molecular formula is C18H23N7O2. The molecular weight excluding hydrogens is 346 g/mol. The van der Waals surface area contributed by atoms with E-state index in [4.69, 9.17) is 4.74 Å². The van der Waals surface area contributed by atoms with Gasteiger partial charge in [-0.2, -0.15) is 10.2 Å². The van der Waals surface area contributed by atoms with Gasteiger partial charge < -0.3 is 19.9 Å². The van der Waals surface area contributed by atoms with Crippen LogP contribution in [0.2, 0.25) is 0 Å². The Morgan fingerprint density at radius 1 is 1.33 bits per heavy atom. The molecule has 0 bridgehead atoms. The minimum atomic E-state index is -0.130. The molecule has 2 fully saturated rings. The van der Waals surface area contributed by atoms with Crippen LogP contribution in [0.15, 0.2) is 30.9 Å². The number of hydrogen-bond acceptors (Lipinski definition) is 8. The SMILES string of the molecule is CN(C)c1cc(N2C[C@@H]3[C@H](CNC(=O)c4ccnnc4)CO[C@@H]3C2)ncn1. The molecule has 0 unspecified atom stereocenters. The van der Waals surface area contributed by atoms with Crippen LogP contribution in [0, 0.1) is 11.8 Å². The highest BCUT2D eigenvalue weighted by Crippen LogP contribution is 2.35. The fourth-order valence-electron chi connectivity index (χ4n) is 3.70. The summed E-state index contributed by atoms with van der Waals surface area (Å²) in [5.41, 5.74) is 0.519. The van der Waals surface area contributed by atoms with Gasteiger partial charge >= 0.3 is 0 Å². The Morgan fingerprint density at radius 3 is 3.00 bits per heavy atom. The van der Waals surface area contributed by atoms with E-state index in [1.165, 1.54) is 12.4 Å². The number of rotatable bonds is 5. The van der Waals surface area contributed by atoms with Gasteiger partial charge in [-0.1, -0.05) is 0 Å². The smallest absolute Gasteiger partial charge is 0.252 e. The Morgan fingerprint density at radius 2 is 2.22 bits per heavy atom. The number of hydrogen-bond donors (Lipinski definition) is 1. The van der Waals surface area contributed by atoms with Gasteiger partial charge in [-0.25, -0.2) is 9.97 Å². The van der Waals surface area contributed by atoms with Crippen LogP contribution < -0.4 is 15.1 Å². The van der Waals surface area contributed by atoms with E-state index in [1.54, 1.807) is 12.4 Å². The fraction of sp³-hybridized carbons (Fsp3) is 0.500. The van der Waals surface area contributed by atoms with Gasteiger partial charge in [0.2, 0.25) is 0 Å². The monoisotopic (exact) mass is 369 g/mol. The highest BCUT2D eigenvalue weighted by atomic mass is 16.5. The second kappa shape index (κ2) is 7.43. The standard InChI is InChI=1S/C18H23N7O2/c1-24(2)16-5-17(21-11-20-16)25-8-14-13(10-27-15(14)9-25)6-19-18(26)12-3-4-22-23-7-12/h3-5,7,11,13-15H,6,8-10H2,1-2H3,(H,19,26)/t13-,14-,15-/m1/s1. The number of nitrogens with zero attached hydrogens (tertiary/aromatic N) is 6. The molecule has 0 spiro atoms. The summed E-state index contributed by atoms with van der Waals surface area (Å²) in [7, 11) is 3.93. The average molecular weight is 369 g/mol. The molecule has 0 aromatic carbocycles. The van der Waals surface area contributed by atoms with Crippen LogP contribution >= 0.6 is 0 Å². The quantitative estimate of drug-likeness (QED) is 0.799.